The highest BCUT2D eigenvalue weighted by Crippen LogP contribution is 2.32. The molecule has 3 aromatic rings. The van der Waals surface area contributed by atoms with Crippen LogP contribution in [0.1, 0.15) is 22.3 Å². The summed E-state index contributed by atoms with van der Waals surface area (Å²) in [5.41, 5.74) is 14.2. The minimum atomic E-state index is -3.21. The first-order valence-corrected chi connectivity index (χ1v) is 12.4. The Hall–Kier alpha value is -3.18. The maximum absolute atomic E-state index is 11.9. The maximum atomic E-state index is 11.9. The summed E-state index contributed by atoms with van der Waals surface area (Å²) in [5.74, 6) is 0. The monoisotopic (exact) mass is 446 g/mol. The molecule has 4 rings (SSSR count). The van der Waals surface area contributed by atoms with Crippen molar-refractivity contribution in [3.8, 4) is 17.2 Å². The van der Waals surface area contributed by atoms with E-state index in [1.54, 1.807) is 0 Å². The van der Waals surface area contributed by atoms with Crippen LogP contribution in [-0.4, -0.2) is 25.5 Å². The predicted molar refractivity (Wildman–Crippen MR) is 128 cm³/mol. The van der Waals surface area contributed by atoms with Crippen molar-refractivity contribution in [2.24, 2.45) is 5.73 Å². The molecule has 0 aliphatic carbocycles. The SMILES string of the molecule is CS(=O)(=O)N1CCc2c(cccc2Nc2ccc(CN)c(-c3ccc(CC#N)cc3)c2)C1. The Balaban J connectivity index is 1.64. The van der Waals surface area contributed by atoms with Crippen molar-refractivity contribution in [2.45, 2.75) is 25.9 Å². The van der Waals surface area contributed by atoms with Crippen LogP contribution in [0.15, 0.2) is 60.7 Å². The third-order valence-electron chi connectivity index (χ3n) is 5.86. The summed E-state index contributed by atoms with van der Waals surface area (Å²) in [6.07, 6.45) is 2.31. The van der Waals surface area contributed by atoms with Gasteiger partial charge in [0.2, 0.25) is 10.0 Å². The lowest BCUT2D eigenvalue weighted by Gasteiger charge is -2.28. The van der Waals surface area contributed by atoms with Gasteiger partial charge in [0.1, 0.15) is 0 Å². The number of benzene rings is 3. The molecule has 164 valence electrons. The van der Waals surface area contributed by atoms with E-state index in [1.807, 2.05) is 54.6 Å². The van der Waals surface area contributed by atoms with Crippen molar-refractivity contribution >= 4 is 21.4 Å². The summed E-state index contributed by atoms with van der Waals surface area (Å²) in [6.45, 7) is 1.31. The van der Waals surface area contributed by atoms with Crippen molar-refractivity contribution in [1.29, 1.82) is 5.26 Å². The number of hydrogen-bond acceptors (Lipinski definition) is 5. The van der Waals surface area contributed by atoms with E-state index in [1.165, 1.54) is 10.6 Å². The molecule has 6 nitrogen and oxygen atoms in total. The van der Waals surface area contributed by atoms with Crippen molar-refractivity contribution in [3.05, 3.63) is 82.9 Å². The average molecular weight is 447 g/mol. The maximum Gasteiger partial charge on any atom is 0.211 e. The summed E-state index contributed by atoms with van der Waals surface area (Å²) in [6, 6.07) is 22.3. The molecule has 3 aromatic carbocycles. The number of fused-ring (bicyclic) bond motifs is 1. The molecule has 0 radical (unpaired) electrons. The summed E-state index contributed by atoms with van der Waals surface area (Å²) >= 11 is 0. The first-order valence-electron chi connectivity index (χ1n) is 10.5. The molecule has 0 aromatic heterocycles. The van der Waals surface area contributed by atoms with Gasteiger partial charge in [-0.25, -0.2) is 8.42 Å². The molecule has 1 aliphatic rings. The average Bonchev–Trinajstić information content (AvgIpc) is 2.79. The van der Waals surface area contributed by atoms with E-state index in [9.17, 15) is 8.42 Å². The van der Waals surface area contributed by atoms with Crippen LogP contribution in [0.5, 0.6) is 0 Å². The summed E-state index contributed by atoms with van der Waals surface area (Å²) in [5, 5.41) is 12.4. The van der Waals surface area contributed by atoms with Gasteiger partial charge in [0.05, 0.1) is 18.7 Å². The third kappa shape index (κ3) is 4.68. The predicted octanol–water partition coefficient (Wildman–Crippen LogP) is 3.94. The lowest BCUT2D eigenvalue weighted by atomic mass is 9.96. The van der Waals surface area contributed by atoms with Crippen LogP contribution < -0.4 is 11.1 Å². The Morgan fingerprint density at radius 3 is 2.59 bits per heavy atom. The summed E-state index contributed by atoms with van der Waals surface area (Å²) in [4.78, 5) is 0. The van der Waals surface area contributed by atoms with Gasteiger partial charge in [-0.3, -0.25) is 0 Å². The minimum absolute atomic E-state index is 0.390. The van der Waals surface area contributed by atoms with E-state index in [0.29, 0.717) is 32.5 Å². The molecule has 0 atom stereocenters. The first kappa shape index (κ1) is 22.0. The number of sulfonamides is 1. The molecule has 32 heavy (non-hydrogen) atoms. The Kier molecular flexibility index (Phi) is 6.28. The van der Waals surface area contributed by atoms with E-state index in [4.69, 9.17) is 11.0 Å². The zero-order chi connectivity index (χ0) is 22.7. The second-order valence-electron chi connectivity index (χ2n) is 8.02. The summed E-state index contributed by atoms with van der Waals surface area (Å²) < 4.78 is 25.4. The molecule has 1 heterocycles. The van der Waals surface area contributed by atoms with Gasteiger partial charge >= 0.3 is 0 Å². The molecule has 0 unspecified atom stereocenters. The first-order chi connectivity index (χ1) is 15.4. The minimum Gasteiger partial charge on any atom is -0.355 e. The van der Waals surface area contributed by atoms with Gasteiger partial charge in [-0.05, 0) is 58.0 Å². The van der Waals surface area contributed by atoms with E-state index in [0.717, 1.165) is 44.8 Å². The number of nitrogens with two attached hydrogens (primary N) is 1. The Morgan fingerprint density at radius 1 is 1.12 bits per heavy atom. The zero-order valence-electron chi connectivity index (χ0n) is 18.0. The number of rotatable bonds is 6. The van der Waals surface area contributed by atoms with Crippen LogP contribution in [0, 0.1) is 11.3 Å². The van der Waals surface area contributed by atoms with Crippen LogP contribution >= 0.6 is 0 Å². The normalized spacial score (nSPS) is 13.9. The fourth-order valence-electron chi connectivity index (χ4n) is 4.13. The molecule has 0 amide bonds. The topological polar surface area (TPSA) is 99.2 Å². The Bertz CT molecular complexity index is 1280. The second-order valence-corrected chi connectivity index (χ2v) is 10.0. The molecule has 0 fully saturated rings. The number of anilines is 2. The zero-order valence-corrected chi connectivity index (χ0v) is 18.8. The van der Waals surface area contributed by atoms with Crippen molar-refractivity contribution in [3.63, 3.8) is 0 Å². The highest BCUT2D eigenvalue weighted by atomic mass is 32.2. The molecule has 0 saturated carbocycles. The third-order valence-corrected chi connectivity index (χ3v) is 7.11. The molecular formula is C25H26N4O2S. The van der Waals surface area contributed by atoms with E-state index in [2.05, 4.69) is 17.5 Å². The highest BCUT2D eigenvalue weighted by Gasteiger charge is 2.24. The molecule has 0 spiro atoms. The van der Waals surface area contributed by atoms with Gasteiger partial charge in [0.25, 0.3) is 0 Å². The molecule has 0 saturated heterocycles. The molecule has 7 heteroatoms. The lowest BCUT2D eigenvalue weighted by molar-refractivity contribution is 0.395. The standard InChI is InChI=1S/C25H26N4O2S/c1-32(30,31)29-14-12-23-21(17-29)3-2-4-25(23)28-22-10-9-20(16-27)24(15-22)19-7-5-18(6-8-19)11-13-26/h2-10,15,28H,11-12,14,16-17,27H2,1H3. The van der Waals surface area contributed by atoms with Gasteiger partial charge in [-0.2, -0.15) is 9.57 Å². The quantitative estimate of drug-likeness (QED) is 0.597. The fourth-order valence-corrected chi connectivity index (χ4v) is 4.93. The Labute approximate surface area is 189 Å². The highest BCUT2D eigenvalue weighted by molar-refractivity contribution is 7.88. The van der Waals surface area contributed by atoms with Gasteiger partial charge < -0.3 is 11.1 Å². The summed E-state index contributed by atoms with van der Waals surface area (Å²) in [7, 11) is -3.21. The molecule has 1 aliphatic heterocycles. The van der Waals surface area contributed by atoms with Crippen LogP contribution in [0.25, 0.3) is 11.1 Å². The molecule has 0 bridgehead atoms. The number of nitrogens with one attached hydrogen (secondary N) is 1. The van der Waals surface area contributed by atoms with Crippen LogP contribution in [-0.2, 0) is 36.0 Å². The lowest BCUT2D eigenvalue weighted by Crippen LogP contribution is -2.35. The van der Waals surface area contributed by atoms with E-state index in [-0.39, 0.29) is 0 Å². The molecular weight excluding hydrogens is 420 g/mol. The molecule has 3 N–H and O–H groups in total. The van der Waals surface area contributed by atoms with Crippen LogP contribution in [0.4, 0.5) is 11.4 Å². The van der Waals surface area contributed by atoms with Gasteiger partial charge in [0, 0.05) is 31.0 Å². The van der Waals surface area contributed by atoms with Crippen LogP contribution in [0.3, 0.4) is 0 Å². The number of nitrogens with zero attached hydrogens (tertiary/aromatic N) is 2. The second kappa shape index (κ2) is 9.13. The van der Waals surface area contributed by atoms with Crippen molar-refractivity contribution in [2.75, 3.05) is 18.1 Å². The van der Waals surface area contributed by atoms with Gasteiger partial charge in [0.15, 0.2) is 0 Å². The van der Waals surface area contributed by atoms with Gasteiger partial charge in [-0.1, -0.05) is 42.5 Å². The van der Waals surface area contributed by atoms with Crippen molar-refractivity contribution in [1.82, 2.24) is 4.31 Å². The number of nitriles is 1. The smallest absolute Gasteiger partial charge is 0.211 e. The van der Waals surface area contributed by atoms with Crippen molar-refractivity contribution < 1.29 is 8.42 Å². The van der Waals surface area contributed by atoms with E-state index >= 15 is 0 Å². The Morgan fingerprint density at radius 2 is 1.91 bits per heavy atom. The van der Waals surface area contributed by atoms with Crippen LogP contribution in [0.2, 0.25) is 0 Å². The largest absolute Gasteiger partial charge is 0.355 e. The van der Waals surface area contributed by atoms with Gasteiger partial charge in [-0.15, -0.1) is 0 Å². The fraction of sp³-hybridized carbons (Fsp3) is 0.240. The number of hydrogen-bond donors (Lipinski definition) is 2. The van der Waals surface area contributed by atoms with E-state index < -0.39 is 10.0 Å².